The zero-order valence-electron chi connectivity index (χ0n) is 11.9. The third kappa shape index (κ3) is 5.02. The number of thiophene rings is 1. The minimum absolute atomic E-state index is 0.104. The van der Waals surface area contributed by atoms with Gasteiger partial charge in [0.2, 0.25) is 0 Å². The third-order valence-electron chi connectivity index (χ3n) is 2.87. The summed E-state index contributed by atoms with van der Waals surface area (Å²) in [6.45, 7) is 3.56. The molecule has 0 aliphatic carbocycles. The van der Waals surface area contributed by atoms with E-state index in [2.05, 4.69) is 22.5 Å². The highest BCUT2D eigenvalue weighted by Gasteiger charge is 2.06. The van der Waals surface area contributed by atoms with Crippen LogP contribution in [0.4, 0.5) is 5.82 Å². The molecule has 1 amide bonds. The number of rotatable bonds is 7. The molecule has 4 nitrogen and oxygen atoms in total. The van der Waals surface area contributed by atoms with Crippen molar-refractivity contribution in [2.24, 2.45) is 0 Å². The van der Waals surface area contributed by atoms with Crippen LogP contribution >= 0.6 is 22.9 Å². The average molecular weight is 324 g/mol. The molecular weight excluding hydrogens is 306 g/mol. The van der Waals surface area contributed by atoms with Gasteiger partial charge in [0.05, 0.1) is 9.90 Å². The largest absolute Gasteiger partial charge is 0.370 e. The van der Waals surface area contributed by atoms with Crippen molar-refractivity contribution in [3.8, 4) is 0 Å². The Bertz CT molecular complexity index is 583. The molecule has 2 heterocycles. The van der Waals surface area contributed by atoms with E-state index in [9.17, 15) is 4.79 Å². The quantitative estimate of drug-likeness (QED) is 0.818. The van der Waals surface area contributed by atoms with Crippen molar-refractivity contribution >= 4 is 34.7 Å². The number of hydrogen-bond acceptors (Lipinski definition) is 4. The van der Waals surface area contributed by atoms with Gasteiger partial charge in [0.25, 0.3) is 5.91 Å². The Labute approximate surface area is 133 Å². The highest BCUT2D eigenvalue weighted by molar-refractivity contribution is 7.16. The van der Waals surface area contributed by atoms with Crippen LogP contribution in [0.1, 0.15) is 28.6 Å². The standard InChI is InChI=1S/C15H18ClN3OS/c1-2-8-17-14-6-3-11(10-19-14)15(20)18-9-7-12-4-5-13(16)21-12/h3-6,10H,2,7-9H2,1H3,(H,17,19)(H,18,20). The summed E-state index contributed by atoms with van der Waals surface area (Å²) in [6.07, 6.45) is 3.42. The van der Waals surface area contributed by atoms with Crippen LogP contribution < -0.4 is 10.6 Å². The molecule has 2 N–H and O–H groups in total. The predicted molar refractivity (Wildman–Crippen MR) is 88.4 cm³/mol. The van der Waals surface area contributed by atoms with Crippen molar-refractivity contribution in [1.29, 1.82) is 0 Å². The molecule has 0 bridgehead atoms. The Kier molecular flexibility index (Phi) is 6.02. The molecule has 0 radical (unpaired) electrons. The maximum absolute atomic E-state index is 12.0. The van der Waals surface area contributed by atoms with Crippen LogP contribution in [-0.2, 0) is 6.42 Å². The van der Waals surface area contributed by atoms with E-state index in [1.807, 2.05) is 18.2 Å². The molecule has 0 atom stereocenters. The number of aromatic nitrogens is 1. The molecule has 6 heteroatoms. The molecule has 0 aromatic carbocycles. The van der Waals surface area contributed by atoms with Crippen LogP contribution in [0.25, 0.3) is 0 Å². The molecule has 0 aliphatic rings. The predicted octanol–water partition coefficient (Wildman–Crippen LogP) is 3.59. The van der Waals surface area contributed by atoms with Crippen molar-refractivity contribution in [3.63, 3.8) is 0 Å². The number of halogens is 1. The molecule has 0 saturated heterocycles. The van der Waals surface area contributed by atoms with Gasteiger partial charge >= 0.3 is 0 Å². The summed E-state index contributed by atoms with van der Waals surface area (Å²) in [4.78, 5) is 17.4. The van der Waals surface area contributed by atoms with Crippen LogP contribution in [0, 0.1) is 0 Å². The number of anilines is 1. The van der Waals surface area contributed by atoms with Gasteiger partial charge in [-0.25, -0.2) is 4.98 Å². The van der Waals surface area contributed by atoms with Crippen molar-refractivity contribution in [1.82, 2.24) is 10.3 Å². The highest BCUT2D eigenvalue weighted by atomic mass is 35.5. The second kappa shape index (κ2) is 8.00. The van der Waals surface area contributed by atoms with Gasteiger partial charge in [-0.05, 0) is 37.1 Å². The minimum Gasteiger partial charge on any atom is -0.370 e. The lowest BCUT2D eigenvalue weighted by atomic mass is 10.2. The second-order valence-corrected chi connectivity index (χ2v) is 6.37. The Morgan fingerprint density at radius 2 is 2.14 bits per heavy atom. The fraction of sp³-hybridized carbons (Fsp3) is 0.333. The van der Waals surface area contributed by atoms with E-state index in [0.29, 0.717) is 12.1 Å². The first-order chi connectivity index (χ1) is 10.2. The summed E-state index contributed by atoms with van der Waals surface area (Å²) in [7, 11) is 0. The van der Waals surface area contributed by atoms with E-state index >= 15 is 0 Å². The lowest BCUT2D eigenvalue weighted by molar-refractivity contribution is 0.0954. The molecule has 0 unspecified atom stereocenters. The molecule has 2 aromatic rings. The second-order valence-electron chi connectivity index (χ2n) is 4.57. The van der Waals surface area contributed by atoms with Crippen molar-refractivity contribution in [2.45, 2.75) is 19.8 Å². The molecule has 2 aromatic heterocycles. The Morgan fingerprint density at radius 1 is 1.29 bits per heavy atom. The molecule has 0 saturated carbocycles. The molecule has 0 fully saturated rings. The maximum atomic E-state index is 12.0. The molecule has 0 spiro atoms. The SMILES string of the molecule is CCCNc1ccc(C(=O)NCCc2ccc(Cl)s2)cn1. The number of pyridine rings is 1. The Balaban J connectivity index is 1.79. The van der Waals surface area contributed by atoms with Crippen LogP contribution in [0.15, 0.2) is 30.5 Å². The first kappa shape index (κ1) is 15.8. The number of amides is 1. The van der Waals surface area contributed by atoms with E-state index in [-0.39, 0.29) is 5.91 Å². The fourth-order valence-corrected chi connectivity index (χ4v) is 2.86. The first-order valence-electron chi connectivity index (χ1n) is 6.91. The lowest BCUT2D eigenvalue weighted by Crippen LogP contribution is -2.25. The molecule has 112 valence electrons. The summed E-state index contributed by atoms with van der Waals surface area (Å²) >= 11 is 7.40. The Hall–Kier alpha value is -1.59. The van der Waals surface area contributed by atoms with Crippen molar-refractivity contribution in [2.75, 3.05) is 18.4 Å². The third-order valence-corrected chi connectivity index (χ3v) is 4.16. The number of nitrogens with zero attached hydrogens (tertiary/aromatic N) is 1. The van der Waals surface area contributed by atoms with E-state index in [1.165, 1.54) is 11.3 Å². The minimum atomic E-state index is -0.104. The first-order valence-corrected chi connectivity index (χ1v) is 8.11. The summed E-state index contributed by atoms with van der Waals surface area (Å²) in [6, 6.07) is 7.45. The Morgan fingerprint density at radius 3 is 2.76 bits per heavy atom. The molecular formula is C15H18ClN3OS. The fourth-order valence-electron chi connectivity index (χ4n) is 1.77. The van der Waals surface area contributed by atoms with Gasteiger partial charge in [0.15, 0.2) is 0 Å². The van der Waals surface area contributed by atoms with Gasteiger partial charge in [-0.2, -0.15) is 0 Å². The number of carbonyl (C=O) groups is 1. The van der Waals surface area contributed by atoms with Gasteiger partial charge in [0, 0.05) is 24.2 Å². The molecule has 0 aliphatic heterocycles. The van der Waals surface area contributed by atoms with E-state index < -0.39 is 0 Å². The normalized spacial score (nSPS) is 10.4. The lowest BCUT2D eigenvalue weighted by Gasteiger charge is -2.06. The van der Waals surface area contributed by atoms with Crippen molar-refractivity contribution in [3.05, 3.63) is 45.2 Å². The van der Waals surface area contributed by atoms with Crippen LogP contribution in [0.2, 0.25) is 4.34 Å². The van der Waals surface area contributed by atoms with Crippen LogP contribution in [0.3, 0.4) is 0 Å². The van der Waals surface area contributed by atoms with Gasteiger partial charge in [-0.15, -0.1) is 11.3 Å². The van der Waals surface area contributed by atoms with E-state index in [0.717, 1.165) is 34.4 Å². The summed E-state index contributed by atoms with van der Waals surface area (Å²) < 4.78 is 0.774. The summed E-state index contributed by atoms with van der Waals surface area (Å²) in [5.41, 5.74) is 0.571. The van der Waals surface area contributed by atoms with Gasteiger partial charge in [0.1, 0.15) is 5.82 Å². The monoisotopic (exact) mass is 323 g/mol. The van der Waals surface area contributed by atoms with Gasteiger partial charge in [-0.1, -0.05) is 18.5 Å². The van der Waals surface area contributed by atoms with Gasteiger partial charge < -0.3 is 10.6 Å². The van der Waals surface area contributed by atoms with Crippen LogP contribution in [-0.4, -0.2) is 24.0 Å². The molecule has 21 heavy (non-hydrogen) atoms. The number of carbonyl (C=O) groups excluding carboxylic acids is 1. The van der Waals surface area contributed by atoms with E-state index in [4.69, 9.17) is 11.6 Å². The number of nitrogens with one attached hydrogen (secondary N) is 2. The van der Waals surface area contributed by atoms with Crippen molar-refractivity contribution < 1.29 is 4.79 Å². The zero-order valence-corrected chi connectivity index (χ0v) is 13.4. The topological polar surface area (TPSA) is 54.0 Å². The smallest absolute Gasteiger partial charge is 0.252 e. The van der Waals surface area contributed by atoms with E-state index in [1.54, 1.807) is 12.3 Å². The summed E-state index contributed by atoms with van der Waals surface area (Å²) in [5.74, 6) is 0.689. The van der Waals surface area contributed by atoms with Gasteiger partial charge in [-0.3, -0.25) is 4.79 Å². The maximum Gasteiger partial charge on any atom is 0.252 e. The number of hydrogen-bond donors (Lipinski definition) is 2. The highest BCUT2D eigenvalue weighted by Crippen LogP contribution is 2.21. The summed E-state index contributed by atoms with van der Waals surface area (Å²) in [5, 5.41) is 6.06. The molecule has 2 rings (SSSR count). The average Bonchev–Trinajstić information content (AvgIpc) is 2.91. The van der Waals surface area contributed by atoms with Crippen LogP contribution in [0.5, 0.6) is 0 Å². The zero-order chi connectivity index (χ0) is 15.1.